The second kappa shape index (κ2) is 17.0. The van der Waals surface area contributed by atoms with Crippen LogP contribution in [-0.2, 0) is 32.6 Å². The van der Waals surface area contributed by atoms with Gasteiger partial charge >= 0.3 is 0 Å². The highest BCUT2D eigenvalue weighted by Crippen LogP contribution is 2.36. The van der Waals surface area contributed by atoms with Crippen molar-refractivity contribution in [1.29, 1.82) is 0 Å². The van der Waals surface area contributed by atoms with Gasteiger partial charge in [-0.3, -0.25) is 13.9 Å². The molecule has 1 atom stereocenters. The van der Waals surface area contributed by atoms with E-state index in [0.29, 0.717) is 12.3 Å². The van der Waals surface area contributed by atoms with Crippen molar-refractivity contribution in [2.45, 2.75) is 43.7 Å². The van der Waals surface area contributed by atoms with Gasteiger partial charge in [-0.2, -0.15) is 0 Å². The van der Waals surface area contributed by atoms with E-state index in [0.717, 1.165) is 32.7 Å². The molecule has 0 fully saturated rings. The Balaban J connectivity index is 1.84. The first-order chi connectivity index (χ1) is 22.7. The largest absolute Gasteiger partial charge is 0.497 e. The number of amides is 2. The Kier molecular flexibility index (Phi) is 12.8. The molecule has 0 aliphatic rings. The summed E-state index contributed by atoms with van der Waals surface area (Å²) in [7, 11) is -1.40. The van der Waals surface area contributed by atoms with Crippen LogP contribution >= 0.6 is 15.9 Å². The number of benzene rings is 4. The SMILES string of the molecule is CCCCNC(=O)[C@@H](Cc1ccccc1)N(Cc1ccc(Br)cc1)C(=O)CN(c1cc(OC)ccc1OC)S(=O)(=O)c1ccccc1. The summed E-state index contributed by atoms with van der Waals surface area (Å²) in [4.78, 5) is 30.0. The van der Waals surface area contributed by atoms with Crippen LogP contribution in [0.1, 0.15) is 30.9 Å². The lowest BCUT2D eigenvalue weighted by molar-refractivity contribution is -0.140. The Bertz CT molecular complexity index is 1720. The number of hydrogen-bond acceptors (Lipinski definition) is 6. The van der Waals surface area contributed by atoms with Gasteiger partial charge in [0.15, 0.2) is 0 Å². The average molecular weight is 723 g/mol. The fraction of sp³-hybridized carbons (Fsp3) is 0.278. The number of carbonyl (C=O) groups is 2. The average Bonchev–Trinajstić information content (AvgIpc) is 3.10. The molecule has 47 heavy (non-hydrogen) atoms. The first kappa shape index (κ1) is 35.5. The van der Waals surface area contributed by atoms with E-state index in [-0.39, 0.29) is 35.2 Å². The van der Waals surface area contributed by atoms with Crippen LogP contribution in [0.3, 0.4) is 0 Å². The number of hydrogen-bond donors (Lipinski definition) is 1. The standard InChI is InChI=1S/C36H40BrN3O6S/c1-4-5-22-38-36(42)33(23-27-12-8-6-9-13-27)39(25-28-16-18-29(37)19-17-28)35(41)26-40(47(43,44)31-14-10-7-11-15-31)32-24-30(45-2)20-21-34(32)46-3/h6-21,24,33H,4-5,22-23,25-26H2,1-3H3,(H,38,42)/t33-/m1/s1. The second-order valence-corrected chi connectivity index (χ2v) is 13.6. The van der Waals surface area contributed by atoms with Crippen LogP contribution < -0.4 is 19.1 Å². The maximum Gasteiger partial charge on any atom is 0.264 e. The Morgan fingerprint density at radius 1 is 0.851 bits per heavy atom. The van der Waals surface area contributed by atoms with Gasteiger partial charge in [0.05, 0.1) is 24.8 Å². The van der Waals surface area contributed by atoms with Crippen LogP contribution in [0.25, 0.3) is 0 Å². The quantitative estimate of drug-likeness (QED) is 0.138. The lowest BCUT2D eigenvalue weighted by atomic mass is 10.0. The molecule has 1 N–H and O–H groups in total. The van der Waals surface area contributed by atoms with Crippen LogP contribution in [-0.4, -0.2) is 58.5 Å². The van der Waals surface area contributed by atoms with Crippen molar-refractivity contribution in [1.82, 2.24) is 10.2 Å². The molecule has 2 amide bonds. The molecule has 0 aliphatic carbocycles. The molecule has 4 rings (SSSR count). The molecule has 4 aromatic carbocycles. The van der Waals surface area contributed by atoms with E-state index >= 15 is 0 Å². The zero-order valence-electron chi connectivity index (χ0n) is 26.8. The van der Waals surface area contributed by atoms with E-state index in [1.165, 1.54) is 37.3 Å². The summed E-state index contributed by atoms with van der Waals surface area (Å²) in [5.41, 5.74) is 1.76. The third-order valence-electron chi connectivity index (χ3n) is 7.63. The zero-order chi connectivity index (χ0) is 33.8. The fourth-order valence-electron chi connectivity index (χ4n) is 5.07. The molecule has 0 spiro atoms. The Morgan fingerprint density at radius 3 is 2.13 bits per heavy atom. The van der Waals surface area contributed by atoms with E-state index in [4.69, 9.17) is 9.47 Å². The number of nitrogens with zero attached hydrogens (tertiary/aromatic N) is 2. The summed E-state index contributed by atoms with van der Waals surface area (Å²) in [6.07, 6.45) is 1.90. The number of carbonyl (C=O) groups excluding carboxylic acids is 2. The third-order valence-corrected chi connectivity index (χ3v) is 9.93. The van der Waals surface area contributed by atoms with Gasteiger partial charge in [0.1, 0.15) is 24.1 Å². The van der Waals surface area contributed by atoms with Crippen LogP contribution in [0.5, 0.6) is 11.5 Å². The molecule has 0 radical (unpaired) electrons. The summed E-state index contributed by atoms with van der Waals surface area (Å²) < 4.78 is 41.5. The van der Waals surface area contributed by atoms with E-state index in [1.54, 1.807) is 30.3 Å². The second-order valence-electron chi connectivity index (χ2n) is 10.9. The molecule has 9 nitrogen and oxygen atoms in total. The molecule has 0 unspecified atom stereocenters. The summed E-state index contributed by atoms with van der Waals surface area (Å²) in [6, 6.07) is 28.6. The lowest BCUT2D eigenvalue weighted by Gasteiger charge is -2.34. The highest BCUT2D eigenvalue weighted by molar-refractivity contribution is 9.10. The van der Waals surface area contributed by atoms with Crippen molar-refractivity contribution in [2.24, 2.45) is 0 Å². The van der Waals surface area contributed by atoms with Crippen LogP contribution in [0.15, 0.2) is 112 Å². The summed E-state index contributed by atoms with van der Waals surface area (Å²) in [5.74, 6) is -0.269. The van der Waals surface area contributed by atoms with Gasteiger partial charge in [-0.25, -0.2) is 8.42 Å². The van der Waals surface area contributed by atoms with Crippen LogP contribution in [0.4, 0.5) is 5.69 Å². The van der Waals surface area contributed by atoms with Crippen molar-refractivity contribution in [3.63, 3.8) is 0 Å². The monoisotopic (exact) mass is 721 g/mol. The molecule has 0 bridgehead atoms. The molecular formula is C36H40BrN3O6S. The summed E-state index contributed by atoms with van der Waals surface area (Å²) >= 11 is 3.46. The fourth-order valence-corrected chi connectivity index (χ4v) is 6.77. The molecule has 0 saturated heterocycles. The molecule has 0 heterocycles. The maximum atomic E-state index is 14.7. The number of halogens is 1. The number of sulfonamides is 1. The Labute approximate surface area is 285 Å². The van der Waals surface area contributed by atoms with Crippen LogP contribution in [0.2, 0.25) is 0 Å². The number of rotatable bonds is 16. The third kappa shape index (κ3) is 9.36. The van der Waals surface area contributed by atoms with Gasteiger partial charge in [0, 0.05) is 30.0 Å². The van der Waals surface area contributed by atoms with Gasteiger partial charge in [-0.1, -0.05) is 89.9 Å². The van der Waals surface area contributed by atoms with Crippen molar-refractivity contribution >= 4 is 43.5 Å². The van der Waals surface area contributed by atoms with Crippen molar-refractivity contribution < 1.29 is 27.5 Å². The number of nitrogens with one attached hydrogen (secondary N) is 1. The lowest BCUT2D eigenvalue weighted by Crippen LogP contribution is -2.53. The summed E-state index contributed by atoms with van der Waals surface area (Å²) in [6.45, 7) is 1.95. The predicted octanol–water partition coefficient (Wildman–Crippen LogP) is 6.22. The topological polar surface area (TPSA) is 105 Å². The number of methoxy groups -OCH3 is 2. The molecule has 248 valence electrons. The minimum Gasteiger partial charge on any atom is -0.497 e. The molecule has 11 heteroatoms. The number of anilines is 1. The van der Waals surface area contributed by atoms with Gasteiger partial charge in [0.25, 0.3) is 10.0 Å². The van der Waals surface area contributed by atoms with Gasteiger partial charge in [-0.05, 0) is 53.9 Å². The van der Waals surface area contributed by atoms with Crippen molar-refractivity contribution in [2.75, 3.05) is 31.6 Å². The molecule has 0 aromatic heterocycles. The summed E-state index contributed by atoms with van der Waals surface area (Å²) in [5, 5.41) is 3.00. The maximum absolute atomic E-state index is 14.7. The number of ether oxygens (including phenoxy) is 2. The highest BCUT2D eigenvalue weighted by Gasteiger charge is 2.35. The van der Waals surface area contributed by atoms with Gasteiger partial charge in [0.2, 0.25) is 11.8 Å². The first-order valence-corrected chi connectivity index (χ1v) is 17.6. The van der Waals surface area contributed by atoms with Crippen molar-refractivity contribution in [3.8, 4) is 11.5 Å². The Morgan fingerprint density at radius 2 is 1.51 bits per heavy atom. The van der Waals surface area contributed by atoms with E-state index in [1.807, 2.05) is 61.5 Å². The first-order valence-electron chi connectivity index (χ1n) is 15.3. The molecule has 0 saturated carbocycles. The molecular weight excluding hydrogens is 682 g/mol. The molecule has 4 aromatic rings. The van der Waals surface area contributed by atoms with Crippen LogP contribution in [0, 0.1) is 0 Å². The van der Waals surface area contributed by atoms with Gasteiger partial charge < -0.3 is 19.7 Å². The smallest absolute Gasteiger partial charge is 0.264 e. The molecule has 0 aliphatic heterocycles. The highest BCUT2D eigenvalue weighted by atomic mass is 79.9. The van der Waals surface area contributed by atoms with Gasteiger partial charge in [-0.15, -0.1) is 0 Å². The Hall–Kier alpha value is -4.35. The number of unbranched alkanes of at least 4 members (excludes halogenated alkanes) is 1. The zero-order valence-corrected chi connectivity index (χ0v) is 29.2. The van der Waals surface area contributed by atoms with E-state index in [9.17, 15) is 18.0 Å². The van der Waals surface area contributed by atoms with Crippen molar-refractivity contribution in [3.05, 3.63) is 119 Å². The predicted molar refractivity (Wildman–Crippen MR) is 187 cm³/mol. The minimum absolute atomic E-state index is 0.00437. The van der Waals surface area contributed by atoms with E-state index in [2.05, 4.69) is 21.2 Å². The normalized spacial score (nSPS) is 11.7. The van der Waals surface area contributed by atoms with E-state index < -0.39 is 28.5 Å². The minimum atomic E-state index is -4.30.